The minimum Gasteiger partial charge on any atom is -0.406 e. The van der Waals surface area contributed by atoms with Crippen molar-refractivity contribution in [3.05, 3.63) is 60.4 Å². The first kappa shape index (κ1) is 21.7. The van der Waals surface area contributed by atoms with E-state index in [4.69, 9.17) is 0 Å². The van der Waals surface area contributed by atoms with E-state index in [1.165, 1.54) is 29.5 Å². The molecule has 0 atom stereocenters. The lowest BCUT2D eigenvalue weighted by Crippen LogP contribution is -2.18. The van der Waals surface area contributed by atoms with Gasteiger partial charge in [-0.05, 0) is 35.7 Å². The second kappa shape index (κ2) is 9.21. The van der Waals surface area contributed by atoms with Crippen molar-refractivity contribution in [2.45, 2.75) is 31.3 Å². The highest BCUT2D eigenvalue weighted by Crippen LogP contribution is 2.26. The largest absolute Gasteiger partial charge is 0.573 e. The van der Waals surface area contributed by atoms with Gasteiger partial charge in [-0.2, -0.15) is 0 Å². The fraction of sp³-hybridized carbons (Fsp3) is 0.250. The van der Waals surface area contributed by atoms with Gasteiger partial charge in [0.15, 0.2) is 5.16 Å². The number of halogens is 3. The number of benzene rings is 2. The third-order valence-electron chi connectivity index (χ3n) is 4.04. The second-order valence-corrected chi connectivity index (χ2v) is 7.58. The molecule has 0 spiro atoms. The van der Waals surface area contributed by atoms with E-state index in [0.29, 0.717) is 11.1 Å². The predicted molar refractivity (Wildman–Crippen MR) is 108 cm³/mol. The number of amides is 1. The monoisotopic (exact) mass is 436 g/mol. The molecule has 0 radical (unpaired) electrons. The molecule has 0 unspecified atom stereocenters. The lowest BCUT2D eigenvalue weighted by atomic mass is 10.0. The Morgan fingerprint density at radius 1 is 1.20 bits per heavy atom. The van der Waals surface area contributed by atoms with Crippen LogP contribution in [0, 0.1) is 0 Å². The number of anilines is 1. The number of rotatable bonds is 7. The topological polar surface area (TPSA) is 69.0 Å². The van der Waals surface area contributed by atoms with Crippen LogP contribution in [-0.2, 0) is 4.79 Å². The van der Waals surface area contributed by atoms with Gasteiger partial charge in [-0.1, -0.05) is 43.8 Å². The first-order valence-electron chi connectivity index (χ1n) is 9.00. The van der Waals surface area contributed by atoms with Crippen LogP contribution in [0.25, 0.3) is 5.69 Å². The van der Waals surface area contributed by atoms with Gasteiger partial charge in [0.05, 0.1) is 5.75 Å². The van der Waals surface area contributed by atoms with E-state index < -0.39 is 18.0 Å². The van der Waals surface area contributed by atoms with Gasteiger partial charge in [-0.15, -0.1) is 23.4 Å². The first-order chi connectivity index (χ1) is 14.2. The Balaban J connectivity index is 1.61. The molecule has 1 aromatic heterocycles. The Labute approximate surface area is 175 Å². The van der Waals surface area contributed by atoms with Crippen LogP contribution in [0.15, 0.2) is 60.0 Å². The van der Waals surface area contributed by atoms with Crippen LogP contribution < -0.4 is 10.1 Å². The van der Waals surface area contributed by atoms with E-state index in [2.05, 4.69) is 34.1 Å². The van der Waals surface area contributed by atoms with E-state index in [1.807, 2.05) is 24.3 Å². The lowest BCUT2D eigenvalue weighted by molar-refractivity contribution is -0.274. The van der Waals surface area contributed by atoms with Crippen LogP contribution >= 0.6 is 11.8 Å². The van der Waals surface area contributed by atoms with Crippen molar-refractivity contribution in [1.29, 1.82) is 0 Å². The molecule has 158 valence electrons. The first-order valence-corrected chi connectivity index (χ1v) is 9.98. The highest BCUT2D eigenvalue weighted by atomic mass is 32.2. The summed E-state index contributed by atoms with van der Waals surface area (Å²) in [5, 5.41) is 11.0. The fourth-order valence-corrected chi connectivity index (χ4v) is 3.35. The van der Waals surface area contributed by atoms with Gasteiger partial charge < -0.3 is 10.1 Å². The lowest BCUT2D eigenvalue weighted by Gasteiger charge is -2.11. The summed E-state index contributed by atoms with van der Waals surface area (Å²) in [7, 11) is 0. The molecule has 2 aromatic carbocycles. The Morgan fingerprint density at radius 3 is 2.60 bits per heavy atom. The van der Waals surface area contributed by atoms with Crippen LogP contribution in [0.1, 0.15) is 25.3 Å². The molecular weight excluding hydrogens is 417 g/mol. The van der Waals surface area contributed by atoms with Crippen LogP contribution in [0.4, 0.5) is 18.9 Å². The Morgan fingerprint density at radius 2 is 1.93 bits per heavy atom. The van der Waals surface area contributed by atoms with Crippen molar-refractivity contribution < 1.29 is 22.7 Å². The summed E-state index contributed by atoms with van der Waals surface area (Å²) in [4.78, 5) is 12.2. The van der Waals surface area contributed by atoms with E-state index in [-0.39, 0.29) is 11.4 Å². The zero-order valence-electron chi connectivity index (χ0n) is 16.2. The van der Waals surface area contributed by atoms with Gasteiger partial charge >= 0.3 is 6.36 Å². The summed E-state index contributed by atoms with van der Waals surface area (Å²) in [6.07, 6.45) is -3.24. The summed E-state index contributed by atoms with van der Waals surface area (Å²) < 4.78 is 42.6. The average Bonchev–Trinajstić information content (AvgIpc) is 3.14. The molecule has 0 bridgehead atoms. The van der Waals surface area contributed by atoms with Gasteiger partial charge in [0.2, 0.25) is 5.91 Å². The van der Waals surface area contributed by atoms with Gasteiger partial charge in [-0.25, -0.2) is 0 Å². The van der Waals surface area contributed by atoms with E-state index in [1.54, 1.807) is 10.9 Å². The fourth-order valence-electron chi connectivity index (χ4n) is 2.62. The molecule has 0 fully saturated rings. The maximum atomic E-state index is 12.3. The number of nitrogens with one attached hydrogen (secondary N) is 1. The molecule has 1 heterocycles. The highest BCUT2D eigenvalue weighted by molar-refractivity contribution is 7.99. The number of nitrogens with zero attached hydrogens (tertiary/aromatic N) is 3. The maximum Gasteiger partial charge on any atom is 0.573 e. The number of aromatic nitrogens is 3. The van der Waals surface area contributed by atoms with Crippen LogP contribution in [0.2, 0.25) is 0 Å². The summed E-state index contributed by atoms with van der Waals surface area (Å²) in [6, 6.07) is 13.1. The molecule has 3 rings (SSSR count). The number of hydrogen-bond donors (Lipinski definition) is 1. The summed E-state index contributed by atoms with van der Waals surface area (Å²) in [6.45, 7) is 4.22. The third kappa shape index (κ3) is 5.99. The Hall–Kier alpha value is -3.01. The molecule has 3 aromatic rings. The SMILES string of the molecule is CC(C)c1ccc(-n2cnnc2SCC(=O)Nc2cccc(OC(F)(F)F)c2)cc1. The molecule has 0 aliphatic carbocycles. The second-order valence-electron chi connectivity index (χ2n) is 6.64. The molecule has 6 nitrogen and oxygen atoms in total. The van der Waals surface area contributed by atoms with Crippen molar-refractivity contribution in [2.24, 2.45) is 0 Å². The third-order valence-corrected chi connectivity index (χ3v) is 4.98. The van der Waals surface area contributed by atoms with Crippen LogP contribution in [-0.4, -0.2) is 32.8 Å². The number of carbonyl (C=O) groups is 1. The number of alkyl halides is 3. The minimum atomic E-state index is -4.80. The molecule has 30 heavy (non-hydrogen) atoms. The average molecular weight is 436 g/mol. The molecule has 0 aliphatic rings. The number of ether oxygens (including phenoxy) is 1. The van der Waals surface area contributed by atoms with E-state index >= 15 is 0 Å². The van der Waals surface area contributed by atoms with Crippen molar-refractivity contribution in [1.82, 2.24) is 14.8 Å². The van der Waals surface area contributed by atoms with Crippen LogP contribution in [0.3, 0.4) is 0 Å². The molecule has 0 saturated carbocycles. The minimum absolute atomic E-state index is 0.00707. The zero-order valence-corrected chi connectivity index (χ0v) is 17.0. The Bertz CT molecular complexity index is 1000. The molecule has 10 heteroatoms. The van der Waals surface area contributed by atoms with Crippen molar-refractivity contribution in [3.63, 3.8) is 0 Å². The quantitative estimate of drug-likeness (QED) is 0.527. The molecule has 0 aliphatic heterocycles. The molecular formula is C20H19F3N4O2S. The van der Waals surface area contributed by atoms with Gasteiger partial charge in [0.1, 0.15) is 12.1 Å². The molecule has 0 saturated heterocycles. The standard InChI is InChI=1S/C20H19F3N4O2S/c1-13(2)14-6-8-16(9-7-14)27-12-24-26-19(27)30-11-18(28)25-15-4-3-5-17(10-15)29-20(21,22)23/h3-10,12-13H,11H2,1-2H3,(H,25,28). The summed E-state index contributed by atoms with van der Waals surface area (Å²) in [5.41, 5.74) is 2.27. The van der Waals surface area contributed by atoms with Gasteiger partial charge in [0, 0.05) is 17.4 Å². The van der Waals surface area contributed by atoms with E-state index in [9.17, 15) is 18.0 Å². The Kier molecular flexibility index (Phi) is 6.66. The number of thioether (sulfide) groups is 1. The van der Waals surface area contributed by atoms with E-state index in [0.717, 1.165) is 17.8 Å². The number of carbonyl (C=O) groups excluding carboxylic acids is 1. The van der Waals surface area contributed by atoms with Gasteiger partial charge in [0.25, 0.3) is 0 Å². The zero-order chi connectivity index (χ0) is 21.7. The summed E-state index contributed by atoms with van der Waals surface area (Å²) >= 11 is 1.17. The molecule has 1 amide bonds. The highest BCUT2D eigenvalue weighted by Gasteiger charge is 2.31. The van der Waals surface area contributed by atoms with Crippen LogP contribution in [0.5, 0.6) is 5.75 Å². The van der Waals surface area contributed by atoms with Crippen molar-refractivity contribution >= 4 is 23.4 Å². The summed E-state index contributed by atoms with van der Waals surface area (Å²) in [5.74, 6) is -0.378. The maximum absolute atomic E-state index is 12.3. The van der Waals surface area contributed by atoms with Gasteiger partial charge in [-0.3, -0.25) is 9.36 Å². The normalized spacial score (nSPS) is 11.5. The smallest absolute Gasteiger partial charge is 0.406 e. The predicted octanol–water partition coefficient (Wildman–Crippen LogP) is 5.02. The van der Waals surface area contributed by atoms with Crippen molar-refractivity contribution in [2.75, 3.05) is 11.1 Å². The number of hydrogen-bond acceptors (Lipinski definition) is 5. The molecule has 1 N–H and O–H groups in total. The van der Waals surface area contributed by atoms with Crippen molar-refractivity contribution in [3.8, 4) is 11.4 Å².